The summed E-state index contributed by atoms with van der Waals surface area (Å²) in [6, 6.07) is 5.57. The minimum absolute atomic E-state index is 0.0693. The lowest BCUT2D eigenvalue weighted by atomic mass is 10.1. The van der Waals surface area contributed by atoms with E-state index in [4.69, 9.17) is 33.7 Å². The number of amides is 2. The normalized spacial score (nSPS) is 21.2. The molecule has 1 fully saturated rings. The predicted octanol–water partition coefficient (Wildman–Crippen LogP) is 3.65. The van der Waals surface area contributed by atoms with Gasteiger partial charge in [-0.25, -0.2) is 4.79 Å². The Morgan fingerprint density at radius 3 is 2.59 bits per heavy atom. The van der Waals surface area contributed by atoms with Gasteiger partial charge in [0.25, 0.3) is 0 Å². The molecule has 1 saturated heterocycles. The van der Waals surface area contributed by atoms with Gasteiger partial charge in [0.1, 0.15) is 0 Å². The van der Waals surface area contributed by atoms with Crippen molar-refractivity contribution in [2.75, 3.05) is 26.2 Å². The Hall–Kier alpha value is -1.05. The zero-order chi connectivity index (χ0) is 21.6. The number of likely N-dealkylation sites (tertiary alicyclic amines) is 1. The molecule has 29 heavy (non-hydrogen) atoms. The second kappa shape index (κ2) is 10.8. The number of hydrogen-bond donors (Lipinski definition) is 3. The minimum atomic E-state index is -0.271. The monoisotopic (exact) mass is 444 g/mol. The number of carbonyl (C=O) groups is 1. The molecule has 1 heterocycles. The molecule has 0 aromatic heterocycles. The Balaban J connectivity index is 1.94. The van der Waals surface area contributed by atoms with Crippen molar-refractivity contribution in [2.24, 2.45) is 11.7 Å². The van der Waals surface area contributed by atoms with Crippen LogP contribution in [-0.2, 0) is 11.3 Å². The minimum Gasteiger partial charge on any atom is -0.375 e. The first-order valence-corrected chi connectivity index (χ1v) is 10.9. The van der Waals surface area contributed by atoms with Crippen molar-refractivity contribution in [3.63, 3.8) is 0 Å². The number of nitrogens with two attached hydrogens (primary N) is 1. The van der Waals surface area contributed by atoms with Crippen LogP contribution in [0.5, 0.6) is 0 Å². The lowest BCUT2D eigenvalue weighted by Crippen LogP contribution is -2.50. The number of halogens is 2. The molecule has 8 heteroatoms. The quantitative estimate of drug-likeness (QED) is 0.571. The fourth-order valence-electron chi connectivity index (χ4n) is 3.49. The van der Waals surface area contributed by atoms with Crippen LogP contribution in [0.3, 0.4) is 0 Å². The maximum atomic E-state index is 12.3. The van der Waals surface area contributed by atoms with Crippen LogP contribution in [0.2, 0.25) is 10.0 Å². The maximum absolute atomic E-state index is 12.3. The summed E-state index contributed by atoms with van der Waals surface area (Å²) in [7, 11) is 0. The number of urea groups is 1. The summed E-state index contributed by atoms with van der Waals surface area (Å²) in [6.07, 6.45) is 0.825. The van der Waals surface area contributed by atoms with E-state index in [-0.39, 0.29) is 23.7 Å². The Kier molecular flexibility index (Phi) is 9.04. The second-order valence-electron chi connectivity index (χ2n) is 8.95. The van der Waals surface area contributed by atoms with Crippen LogP contribution in [0.1, 0.15) is 39.7 Å². The zero-order valence-corrected chi connectivity index (χ0v) is 19.3. The topological polar surface area (TPSA) is 79.6 Å². The number of carbonyl (C=O) groups excluding carboxylic acids is 1. The lowest BCUT2D eigenvalue weighted by Gasteiger charge is -2.26. The smallest absolute Gasteiger partial charge is 0.315 e. The van der Waals surface area contributed by atoms with E-state index in [0.717, 1.165) is 25.1 Å². The highest BCUT2D eigenvalue weighted by atomic mass is 35.5. The molecule has 0 radical (unpaired) electrons. The van der Waals surface area contributed by atoms with Crippen LogP contribution < -0.4 is 16.4 Å². The molecule has 0 spiro atoms. The van der Waals surface area contributed by atoms with E-state index < -0.39 is 0 Å². The van der Waals surface area contributed by atoms with E-state index in [1.54, 1.807) is 0 Å². The average Bonchev–Trinajstić information content (AvgIpc) is 2.96. The van der Waals surface area contributed by atoms with Gasteiger partial charge in [-0.05, 0) is 51.8 Å². The molecular formula is C21H34Cl2N4O2. The SMILES string of the molecule is C[C@@H](CN)CN1C[C@H](NC(=O)NC(C)(C)C)C[C@@H]1COCc1c(Cl)cccc1Cl. The number of ether oxygens (including phenoxy) is 1. The van der Waals surface area contributed by atoms with E-state index in [9.17, 15) is 4.79 Å². The standard InChI is InChI=1S/C21H34Cl2N4O2/c1-14(9-24)10-27-11-15(25-20(28)26-21(2,3)4)8-16(27)12-29-13-17-18(22)6-5-7-19(17)23/h5-7,14-16H,8-13,24H2,1-4H3,(H2,25,26,28)/t14-,15+,16+/m0/s1. The maximum Gasteiger partial charge on any atom is 0.315 e. The van der Waals surface area contributed by atoms with Gasteiger partial charge in [-0.2, -0.15) is 0 Å². The molecule has 6 nitrogen and oxygen atoms in total. The molecule has 1 aromatic carbocycles. The molecule has 0 unspecified atom stereocenters. The highest BCUT2D eigenvalue weighted by Crippen LogP contribution is 2.26. The van der Waals surface area contributed by atoms with Crippen molar-refractivity contribution in [2.45, 2.75) is 58.3 Å². The van der Waals surface area contributed by atoms with E-state index >= 15 is 0 Å². The van der Waals surface area contributed by atoms with E-state index in [1.807, 2.05) is 39.0 Å². The van der Waals surface area contributed by atoms with Gasteiger partial charge < -0.3 is 21.1 Å². The molecule has 0 saturated carbocycles. The summed E-state index contributed by atoms with van der Waals surface area (Å²) in [4.78, 5) is 14.6. The summed E-state index contributed by atoms with van der Waals surface area (Å²) < 4.78 is 5.97. The fraction of sp³-hybridized carbons (Fsp3) is 0.667. The lowest BCUT2D eigenvalue weighted by molar-refractivity contribution is 0.0627. The molecule has 3 atom stereocenters. The molecule has 2 amide bonds. The second-order valence-corrected chi connectivity index (χ2v) is 9.76. The molecule has 1 aromatic rings. The van der Waals surface area contributed by atoms with Crippen LogP contribution >= 0.6 is 23.2 Å². The van der Waals surface area contributed by atoms with Crippen molar-refractivity contribution in [3.05, 3.63) is 33.8 Å². The zero-order valence-electron chi connectivity index (χ0n) is 17.8. The van der Waals surface area contributed by atoms with Gasteiger partial charge in [0.2, 0.25) is 0 Å². The summed E-state index contributed by atoms with van der Waals surface area (Å²) in [5.74, 6) is 0.373. The van der Waals surface area contributed by atoms with Crippen LogP contribution in [0.15, 0.2) is 18.2 Å². The van der Waals surface area contributed by atoms with E-state index in [1.165, 1.54) is 0 Å². The average molecular weight is 445 g/mol. The van der Waals surface area contributed by atoms with Gasteiger partial charge in [-0.1, -0.05) is 36.2 Å². The van der Waals surface area contributed by atoms with Crippen molar-refractivity contribution in [1.82, 2.24) is 15.5 Å². The molecule has 1 aliphatic rings. The highest BCUT2D eigenvalue weighted by Gasteiger charge is 2.34. The fourth-order valence-corrected chi connectivity index (χ4v) is 4.00. The first-order chi connectivity index (χ1) is 13.6. The largest absolute Gasteiger partial charge is 0.375 e. The van der Waals surface area contributed by atoms with Gasteiger partial charge >= 0.3 is 6.03 Å². The van der Waals surface area contributed by atoms with E-state index in [0.29, 0.717) is 35.7 Å². The van der Waals surface area contributed by atoms with Crippen molar-refractivity contribution >= 4 is 29.2 Å². The Labute approximate surface area is 184 Å². The van der Waals surface area contributed by atoms with Gasteiger partial charge in [0, 0.05) is 46.3 Å². The molecule has 164 valence electrons. The highest BCUT2D eigenvalue weighted by molar-refractivity contribution is 6.35. The number of rotatable bonds is 8. The summed E-state index contributed by atoms with van der Waals surface area (Å²) >= 11 is 12.5. The Morgan fingerprint density at radius 2 is 2.00 bits per heavy atom. The van der Waals surface area contributed by atoms with Gasteiger partial charge in [-0.15, -0.1) is 0 Å². The molecular weight excluding hydrogens is 411 g/mol. The molecule has 4 N–H and O–H groups in total. The first kappa shape index (κ1) is 24.2. The number of benzene rings is 1. The third-order valence-electron chi connectivity index (χ3n) is 4.92. The van der Waals surface area contributed by atoms with Gasteiger partial charge in [-0.3, -0.25) is 4.90 Å². The van der Waals surface area contributed by atoms with Crippen LogP contribution in [0.25, 0.3) is 0 Å². The Bertz CT molecular complexity index is 661. The predicted molar refractivity (Wildman–Crippen MR) is 120 cm³/mol. The van der Waals surface area contributed by atoms with Crippen molar-refractivity contribution in [3.8, 4) is 0 Å². The third kappa shape index (κ3) is 7.95. The van der Waals surface area contributed by atoms with Crippen LogP contribution in [-0.4, -0.2) is 54.8 Å². The van der Waals surface area contributed by atoms with Crippen molar-refractivity contribution in [1.29, 1.82) is 0 Å². The molecule has 1 aliphatic heterocycles. The van der Waals surface area contributed by atoms with Gasteiger partial charge in [0.05, 0.1) is 13.2 Å². The van der Waals surface area contributed by atoms with Crippen molar-refractivity contribution < 1.29 is 9.53 Å². The summed E-state index contributed by atoms with van der Waals surface area (Å²) in [6.45, 7) is 11.2. The first-order valence-electron chi connectivity index (χ1n) is 10.1. The molecule has 2 rings (SSSR count). The molecule has 0 aliphatic carbocycles. The van der Waals surface area contributed by atoms with Crippen LogP contribution in [0.4, 0.5) is 4.79 Å². The third-order valence-corrected chi connectivity index (χ3v) is 5.63. The Morgan fingerprint density at radius 1 is 1.34 bits per heavy atom. The summed E-state index contributed by atoms with van der Waals surface area (Å²) in [5.41, 5.74) is 6.35. The molecule has 0 bridgehead atoms. The number of hydrogen-bond acceptors (Lipinski definition) is 4. The summed E-state index contributed by atoms with van der Waals surface area (Å²) in [5, 5.41) is 7.26. The van der Waals surface area contributed by atoms with E-state index in [2.05, 4.69) is 22.5 Å². The van der Waals surface area contributed by atoms with Gasteiger partial charge in [0.15, 0.2) is 0 Å². The number of nitrogens with zero attached hydrogens (tertiary/aromatic N) is 1. The number of nitrogens with one attached hydrogen (secondary N) is 2. The van der Waals surface area contributed by atoms with Crippen LogP contribution in [0, 0.1) is 5.92 Å².